The van der Waals surface area contributed by atoms with E-state index in [-0.39, 0.29) is 35.6 Å². The number of ether oxygens (including phenoxy) is 4. The van der Waals surface area contributed by atoms with E-state index >= 15 is 0 Å². The first kappa shape index (κ1) is 34.9. The quantitative estimate of drug-likeness (QED) is 0.135. The number of amides is 1. The van der Waals surface area contributed by atoms with Gasteiger partial charge in [-0.1, -0.05) is 42.5 Å². The number of ketones is 1. The Balaban J connectivity index is 1.12. The monoisotopic (exact) mass is 682 g/mol. The molecule has 2 aliphatic heterocycles. The molecule has 2 saturated heterocycles. The van der Waals surface area contributed by atoms with Crippen LogP contribution in [0.15, 0.2) is 66.7 Å². The molecule has 0 aliphatic carbocycles. The van der Waals surface area contributed by atoms with Gasteiger partial charge in [-0.05, 0) is 75.1 Å². The Bertz CT molecular complexity index is 1810. The highest BCUT2D eigenvalue weighted by atomic mass is 16.5. The first-order chi connectivity index (χ1) is 24.3. The first-order valence-corrected chi connectivity index (χ1v) is 17.3. The van der Waals surface area contributed by atoms with E-state index in [1.165, 1.54) is 12.5 Å². The van der Waals surface area contributed by atoms with Crippen LogP contribution in [0.4, 0.5) is 0 Å². The van der Waals surface area contributed by atoms with Crippen LogP contribution < -0.4 is 14.2 Å². The van der Waals surface area contributed by atoms with Gasteiger partial charge in [0, 0.05) is 36.9 Å². The summed E-state index contributed by atoms with van der Waals surface area (Å²) in [5, 5.41) is 0. The third-order valence-corrected chi connectivity index (χ3v) is 10.3. The van der Waals surface area contributed by atoms with Crippen molar-refractivity contribution in [2.75, 3.05) is 60.7 Å². The summed E-state index contributed by atoms with van der Waals surface area (Å²) in [6.45, 7) is 5.66. The zero-order valence-electron chi connectivity index (χ0n) is 29.4. The highest BCUT2D eigenvalue weighted by Gasteiger charge is 2.42. The van der Waals surface area contributed by atoms with Crippen molar-refractivity contribution in [3.63, 3.8) is 0 Å². The van der Waals surface area contributed by atoms with E-state index in [2.05, 4.69) is 29.2 Å². The third-order valence-electron chi connectivity index (χ3n) is 10.3. The lowest BCUT2D eigenvalue weighted by Crippen LogP contribution is -2.41. The summed E-state index contributed by atoms with van der Waals surface area (Å²) in [6.07, 6.45) is 3.23. The van der Waals surface area contributed by atoms with Gasteiger partial charge in [0.05, 0.1) is 38.9 Å². The van der Waals surface area contributed by atoms with Crippen LogP contribution in [0.25, 0.3) is 11.0 Å². The number of aromatic nitrogens is 2. The van der Waals surface area contributed by atoms with E-state index in [0.29, 0.717) is 48.3 Å². The number of hydrogen-bond acceptors (Lipinski definition) is 9. The van der Waals surface area contributed by atoms with Crippen molar-refractivity contribution in [3.05, 3.63) is 83.7 Å². The zero-order valence-corrected chi connectivity index (χ0v) is 29.4. The molecule has 0 N–H and O–H groups in total. The lowest BCUT2D eigenvalue weighted by Gasteiger charge is -2.36. The Morgan fingerprint density at radius 1 is 0.860 bits per heavy atom. The van der Waals surface area contributed by atoms with E-state index in [4.69, 9.17) is 23.9 Å². The number of hydrogen-bond donors (Lipinski definition) is 0. The van der Waals surface area contributed by atoms with E-state index in [9.17, 15) is 14.4 Å². The molecule has 1 amide bonds. The summed E-state index contributed by atoms with van der Waals surface area (Å²) < 4.78 is 23.6. The molecule has 264 valence electrons. The maximum Gasteiger partial charge on any atom is 0.302 e. The predicted octanol–water partition coefficient (Wildman–Crippen LogP) is 5.39. The number of carbonyl (C=O) groups is 3. The molecule has 3 heterocycles. The molecule has 1 atom stereocenters. The van der Waals surface area contributed by atoms with E-state index in [1.54, 1.807) is 33.5 Å². The molecule has 50 heavy (non-hydrogen) atoms. The maximum absolute atomic E-state index is 13.9. The van der Waals surface area contributed by atoms with Crippen LogP contribution in [0, 0.1) is 5.92 Å². The summed E-state index contributed by atoms with van der Waals surface area (Å²) in [5.41, 5.74) is 3.16. The summed E-state index contributed by atoms with van der Waals surface area (Å²) >= 11 is 0. The van der Waals surface area contributed by atoms with Crippen molar-refractivity contribution in [2.24, 2.45) is 5.92 Å². The number of imidazole rings is 1. The highest BCUT2D eigenvalue weighted by molar-refractivity contribution is 5.98. The second-order valence-electron chi connectivity index (χ2n) is 13.2. The van der Waals surface area contributed by atoms with Gasteiger partial charge < -0.3 is 33.3 Å². The van der Waals surface area contributed by atoms with E-state index in [0.717, 1.165) is 56.4 Å². The average molecular weight is 683 g/mol. The lowest BCUT2D eigenvalue weighted by atomic mass is 9.76. The van der Waals surface area contributed by atoms with Crippen molar-refractivity contribution in [1.29, 1.82) is 0 Å². The maximum atomic E-state index is 13.9. The summed E-state index contributed by atoms with van der Waals surface area (Å²) in [7, 11) is 4.64. The van der Waals surface area contributed by atoms with Gasteiger partial charge in [0.25, 0.3) is 5.91 Å². The molecular formula is C39H46N4O7. The van der Waals surface area contributed by atoms with Crippen LogP contribution >= 0.6 is 0 Å². The number of piperidine rings is 1. The summed E-state index contributed by atoms with van der Waals surface area (Å²) in [4.78, 5) is 48.2. The molecule has 1 aromatic heterocycles. The Labute approximate surface area is 293 Å². The van der Waals surface area contributed by atoms with Crippen molar-refractivity contribution in [2.45, 2.75) is 44.6 Å². The van der Waals surface area contributed by atoms with Gasteiger partial charge >= 0.3 is 5.97 Å². The molecule has 0 saturated carbocycles. The predicted molar refractivity (Wildman–Crippen MR) is 189 cm³/mol. The number of likely N-dealkylation sites (tertiary alicyclic amines) is 2. The molecule has 3 aromatic carbocycles. The minimum atomic E-state index is -0.348. The number of Topliss-reactive ketones (excluding diaryl/α,β-unsaturated/α-hetero) is 1. The minimum absolute atomic E-state index is 0.0428. The fourth-order valence-electron chi connectivity index (χ4n) is 7.55. The standard InChI is InChI=1S/C39H46N4O7/c1-27(44)50-23-22-43-32-13-9-8-12-31(32)40-37(43)35(45)28-14-18-41(19-15-28)20-16-39(30-10-6-5-7-11-30)17-21-42(26-39)38(46)29-24-33(47-2)36(49-4)34(25-29)48-3/h5-13,24-25,28H,14-23,26H2,1-4H3. The molecule has 2 fully saturated rings. The van der Waals surface area contributed by atoms with Crippen molar-refractivity contribution < 1.29 is 33.3 Å². The van der Waals surface area contributed by atoms with Crippen LogP contribution in [0.2, 0.25) is 0 Å². The largest absolute Gasteiger partial charge is 0.493 e. The SMILES string of the molecule is COc1cc(C(=O)N2CCC(CCN3CCC(C(=O)c4nc5ccccc5n4CCOC(C)=O)CC3)(c3ccccc3)C2)cc(OC)c1OC. The molecule has 1 unspecified atom stereocenters. The van der Waals surface area contributed by atoms with Crippen molar-refractivity contribution in [3.8, 4) is 17.2 Å². The van der Waals surface area contributed by atoms with Gasteiger partial charge in [0.1, 0.15) is 6.61 Å². The van der Waals surface area contributed by atoms with Gasteiger partial charge in [-0.2, -0.15) is 0 Å². The lowest BCUT2D eigenvalue weighted by molar-refractivity contribution is -0.141. The van der Waals surface area contributed by atoms with E-state index in [1.807, 2.05) is 39.8 Å². The van der Waals surface area contributed by atoms with Gasteiger partial charge in [0.15, 0.2) is 17.3 Å². The summed E-state index contributed by atoms with van der Waals surface area (Å²) in [6, 6.07) is 21.6. The van der Waals surface area contributed by atoms with E-state index < -0.39 is 0 Å². The molecule has 11 nitrogen and oxygen atoms in total. The van der Waals surface area contributed by atoms with Crippen LogP contribution in [0.3, 0.4) is 0 Å². The van der Waals surface area contributed by atoms with Gasteiger partial charge in [-0.25, -0.2) is 4.98 Å². The minimum Gasteiger partial charge on any atom is -0.493 e. The second kappa shape index (κ2) is 15.3. The van der Waals surface area contributed by atoms with Gasteiger partial charge in [-0.3, -0.25) is 14.4 Å². The normalized spacial score (nSPS) is 18.3. The number of benzene rings is 3. The number of esters is 1. The topological polar surface area (TPSA) is 112 Å². The number of fused-ring (bicyclic) bond motifs is 1. The smallest absolute Gasteiger partial charge is 0.302 e. The molecule has 4 aromatic rings. The molecular weight excluding hydrogens is 636 g/mol. The Morgan fingerprint density at radius 2 is 1.54 bits per heavy atom. The Kier molecular flexibility index (Phi) is 10.7. The molecule has 6 rings (SSSR count). The summed E-state index contributed by atoms with van der Waals surface area (Å²) in [5.74, 6) is 1.28. The molecule has 0 bridgehead atoms. The van der Waals surface area contributed by atoms with Gasteiger partial charge in [-0.15, -0.1) is 0 Å². The van der Waals surface area contributed by atoms with Crippen molar-refractivity contribution in [1.82, 2.24) is 19.4 Å². The van der Waals surface area contributed by atoms with Crippen LogP contribution in [0.5, 0.6) is 17.2 Å². The second-order valence-corrected chi connectivity index (χ2v) is 13.2. The molecule has 0 radical (unpaired) electrons. The number of para-hydroxylation sites is 2. The fourth-order valence-corrected chi connectivity index (χ4v) is 7.55. The zero-order chi connectivity index (χ0) is 35.3. The average Bonchev–Trinajstić information content (AvgIpc) is 3.76. The van der Waals surface area contributed by atoms with Crippen LogP contribution in [-0.2, 0) is 21.5 Å². The third kappa shape index (κ3) is 7.19. The number of nitrogens with zero attached hydrogens (tertiary/aromatic N) is 4. The molecule has 0 spiro atoms. The number of methoxy groups -OCH3 is 3. The number of carbonyl (C=O) groups excluding carboxylic acids is 3. The first-order valence-electron chi connectivity index (χ1n) is 17.3. The Morgan fingerprint density at radius 3 is 2.20 bits per heavy atom. The van der Waals surface area contributed by atoms with Crippen molar-refractivity contribution >= 4 is 28.7 Å². The van der Waals surface area contributed by atoms with Crippen LogP contribution in [0.1, 0.15) is 59.1 Å². The van der Waals surface area contributed by atoms with Gasteiger partial charge in [0.2, 0.25) is 11.5 Å². The fraction of sp³-hybridized carbons (Fsp3) is 0.436. The molecule has 2 aliphatic rings. The number of rotatable bonds is 13. The van der Waals surface area contributed by atoms with Crippen LogP contribution in [-0.4, -0.2) is 97.7 Å². The molecule has 11 heteroatoms. The Hall–Kier alpha value is -4.90. The highest BCUT2D eigenvalue weighted by Crippen LogP contribution is 2.41.